The van der Waals surface area contributed by atoms with Gasteiger partial charge in [0.1, 0.15) is 5.82 Å². The number of hydrogen-bond donors (Lipinski definition) is 0. The summed E-state index contributed by atoms with van der Waals surface area (Å²) in [5, 5.41) is 8.74. The lowest BCUT2D eigenvalue weighted by molar-refractivity contribution is -0.130. The van der Waals surface area contributed by atoms with Crippen molar-refractivity contribution in [2.75, 3.05) is 7.05 Å². The number of nitrogens with zero attached hydrogens (tertiary/aromatic N) is 2. The van der Waals surface area contributed by atoms with Crippen LogP contribution in [0.1, 0.15) is 23.1 Å². The van der Waals surface area contributed by atoms with Crippen LogP contribution in [-0.4, -0.2) is 17.9 Å². The van der Waals surface area contributed by atoms with E-state index in [2.05, 4.69) is 6.07 Å². The van der Waals surface area contributed by atoms with E-state index >= 15 is 0 Å². The highest BCUT2D eigenvalue weighted by molar-refractivity contribution is 5.76. The Morgan fingerprint density at radius 3 is 2.55 bits per heavy atom. The molecule has 0 heterocycles. The average molecular weight is 296 g/mol. The maximum absolute atomic E-state index is 13.1. The van der Waals surface area contributed by atoms with E-state index in [0.29, 0.717) is 24.9 Å². The van der Waals surface area contributed by atoms with Crippen molar-refractivity contribution in [3.63, 3.8) is 0 Å². The van der Waals surface area contributed by atoms with E-state index in [-0.39, 0.29) is 11.7 Å². The minimum absolute atomic E-state index is 0.00798. The smallest absolute Gasteiger partial charge is 0.222 e. The molecule has 3 nitrogen and oxygen atoms in total. The molecule has 0 aliphatic heterocycles. The first-order chi connectivity index (χ1) is 10.6. The van der Waals surface area contributed by atoms with Crippen molar-refractivity contribution < 1.29 is 9.18 Å². The normalized spacial score (nSPS) is 10.0. The summed E-state index contributed by atoms with van der Waals surface area (Å²) in [7, 11) is 1.71. The number of halogens is 1. The van der Waals surface area contributed by atoms with Crippen molar-refractivity contribution in [1.29, 1.82) is 5.26 Å². The molecule has 0 saturated carbocycles. The van der Waals surface area contributed by atoms with E-state index < -0.39 is 0 Å². The Kier molecular flexibility index (Phi) is 5.26. The Balaban J connectivity index is 1.87. The predicted octanol–water partition coefficient (Wildman–Crippen LogP) is 3.29. The predicted molar refractivity (Wildman–Crippen MR) is 82.4 cm³/mol. The lowest BCUT2D eigenvalue weighted by atomic mass is 10.1. The Morgan fingerprint density at radius 2 is 1.91 bits per heavy atom. The first-order valence-corrected chi connectivity index (χ1v) is 7.06. The summed E-state index contributed by atoms with van der Waals surface area (Å²) >= 11 is 0. The highest BCUT2D eigenvalue weighted by atomic mass is 19.1. The number of nitriles is 1. The molecule has 0 radical (unpaired) electrons. The van der Waals surface area contributed by atoms with Gasteiger partial charge in [0, 0.05) is 20.0 Å². The summed E-state index contributed by atoms with van der Waals surface area (Å²) in [6.45, 7) is 0.393. The molecule has 0 aliphatic rings. The zero-order valence-electron chi connectivity index (χ0n) is 12.4. The largest absolute Gasteiger partial charge is 0.341 e. The lowest BCUT2D eigenvalue weighted by Gasteiger charge is -2.17. The molecule has 4 heteroatoms. The van der Waals surface area contributed by atoms with E-state index in [0.717, 1.165) is 11.1 Å². The van der Waals surface area contributed by atoms with Gasteiger partial charge in [-0.25, -0.2) is 4.39 Å². The number of carbonyl (C=O) groups excluding carboxylic acids is 1. The van der Waals surface area contributed by atoms with Crippen LogP contribution in [0.5, 0.6) is 0 Å². The number of rotatable bonds is 5. The molecule has 1 amide bonds. The van der Waals surface area contributed by atoms with Gasteiger partial charge in [-0.1, -0.05) is 24.3 Å². The second-order valence-corrected chi connectivity index (χ2v) is 5.19. The van der Waals surface area contributed by atoms with E-state index in [9.17, 15) is 9.18 Å². The van der Waals surface area contributed by atoms with Gasteiger partial charge in [-0.15, -0.1) is 0 Å². The molecule has 0 atom stereocenters. The maximum Gasteiger partial charge on any atom is 0.222 e. The molecule has 0 N–H and O–H groups in total. The molecule has 0 saturated heterocycles. The quantitative estimate of drug-likeness (QED) is 0.850. The van der Waals surface area contributed by atoms with E-state index in [1.54, 1.807) is 36.2 Å². The van der Waals surface area contributed by atoms with Crippen molar-refractivity contribution in [3.05, 3.63) is 71.0 Å². The van der Waals surface area contributed by atoms with Crippen molar-refractivity contribution >= 4 is 5.91 Å². The van der Waals surface area contributed by atoms with Gasteiger partial charge >= 0.3 is 0 Å². The molecule has 0 bridgehead atoms. The first-order valence-electron chi connectivity index (χ1n) is 7.06. The summed E-state index contributed by atoms with van der Waals surface area (Å²) in [6, 6.07) is 15.5. The van der Waals surface area contributed by atoms with Gasteiger partial charge in [-0.05, 0) is 41.8 Å². The van der Waals surface area contributed by atoms with Crippen LogP contribution in [0.25, 0.3) is 0 Å². The minimum atomic E-state index is -0.295. The van der Waals surface area contributed by atoms with Crippen LogP contribution in [0.15, 0.2) is 48.5 Å². The molecular weight excluding hydrogens is 279 g/mol. The second kappa shape index (κ2) is 7.37. The topological polar surface area (TPSA) is 44.1 Å². The molecule has 2 aromatic carbocycles. The molecule has 0 fully saturated rings. The minimum Gasteiger partial charge on any atom is -0.341 e. The standard InChI is InChI=1S/C18H17FN2O/c1-21(13-16-3-2-4-17(19)11-16)18(22)10-9-14-5-7-15(12-20)8-6-14/h2-8,11H,9-10,13H2,1H3. The molecule has 2 rings (SSSR count). The van der Waals surface area contributed by atoms with Gasteiger partial charge in [-0.3, -0.25) is 4.79 Å². The van der Waals surface area contributed by atoms with E-state index in [4.69, 9.17) is 5.26 Å². The summed E-state index contributed by atoms with van der Waals surface area (Å²) in [5.74, 6) is -0.287. The summed E-state index contributed by atoms with van der Waals surface area (Å²) in [5.41, 5.74) is 2.40. The molecule has 0 unspecified atom stereocenters. The third-order valence-corrected chi connectivity index (χ3v) is 3.45. The van der Waals surface area contributed by atoms with Gasteiger partial charge in [-0.2, -0.15) is 5.26 Å². The van der Waals surface area contributed by atoms with Crippen LogP contribution in [0.2, 0.25) is 0 Å². The lowest BCUT2D eigenvalue weighted by Crippen LogP contribution is -2.26. The van der Waals surface area contributed by atoms with Gasteiger partial charge < -0.3 is 4.90 Å². The molecule has 2 aromatic rings. The fourth-order valence-corrected chi connectivity index (χ4v) is 2.19. The fraction of sp³-hybridized carbons (Fsp3) is 0.222. The Labute approximate surface area is 129 Å². The molecule has 0 aromatic heterocycles. The molecule has 0 spiro atoms. The van der Waals surface area contributed by atoms with E-state index in [1.165, 1.54) is 12.1 Å². The molecular formula is C18H17FN2O. The third kappa shape index (κ3) is 4.42. The number of carbonyl (C=O) groups is 1. The maximum atomic E-state index is 13.1. The van der Waals surface area contributed by atoms with Crippen LogP contribution < -0.4 is 0 Å². The van der Waals surface area contributed by atoms with Gasteiger partial charge in [0.2, 0.25) is 5.91 Å². The highest BCUT2D eigenvalue weighted by Gasteiger charge is 2.10. The van der Waals surface area contributed by atoms with Crippen LogP contribution in [-0.2, 0) is 17.8 Å². The number of aryl methyl sites for hydroxylation is 1. The Hall–Kier alpha value is -2.67. The van der Waals surface area contributed by atoms with E-state index in [1.807, 2.05) is 12.1 Å². The van der Waals surface area contributed by atoms with Crippen molar-refractivity contribution in [2.45, 2.75) is 19.4 Å². The zero-order chi connectivity index (χ0) is 15.9. The average Bonchev–Trinajstić information content (AvgIpc) is 2.53. The summed E-state index contributed by atoms with van der Waals surface area (Å²) in [4.78, 5) is 13.7. The van der Waals surface area contributed by atoms with Gasteiger partial charge in [0.15, 0.2) is 0 Å². The highest BCUT2D eigenvalue weighted by Crippen LogP contribution is 2.10. The number of amides is 1. The molecule has 0 aliphatic carbocycles. The monoisotopic (exact) mass is 296 g/mol. The molecule has 22 heavy (non-hydrogen) atoms. The Bertz CT molecular complexity index is 689. The van der Waals surface area contributed by atoms with Crippen LogP contribution in [0.3, 0.4) is 0 Å². The molecule has 112 valence electrons. The van der Waals surface area contributed by atoms with Crippen LogP contribution >= 0.6 is 0 Å². The van der Waals surface area contributed by atoms with Crippen molar-refractivity contribution in [3.8, 4) is 6.07 Å². The van der Waals surface area contributed by atoms with Gasteiger partial charge in [0.05, 0.1) is 11.6 Å². The van der Waals surface area contributed by atoms with Crippen LogP contribution in [0.4, 0.5) is 4.39 Å². The number of hydrogen-bond acceptors (Lipinski definition) is 2. The third-order valence-electron chi connectivity index (χ3n) is 3.45. The second-order valence-electron chi connectivity index (χ2n) is 5.19. The Morgan fingerprint density at radius 1 is 1.18 bits per heavy atom. The summed E-state index contributed by atoms with van der Waals surface area (Å²) < 4.78 is 13.1. The summed E-state index contributed by atoms with van der Waals surface area (Å²) in [6.07, 6.45) is 1.01. The SMILES string of the molecule is CN(Cc1cccc(F)c1)C(=O)CCc1ccc(C#N)cc1. The van der Waals surface area contributed by atoms with Crippen LogP contribution in [0, 0.1) is 17.1 Å². The first kappa shape index (κ1) is 15.7. The fourth-order valence-electron chi connectivity index (χ4n) is 2.19. The van der Waals surface area contributed by atoms with Crippen molar-refractivity contribution in [2.24, 2.45) is 0 Å². The zero-order valence-corrected chi connectivity index (χ0v) is 12.4. The van der Waals surface area contributed by atoms with Gasteiger partial charge in [0.25, 0.3) is 0 Å². The van der Waals surface area contributed by atoms with Crippen molar-refractivity contribution in [1.82, 2.24) is 4.90 Å². The number of benzene rings is 2.